The van der Waals surface area contributed by atoms with Gasteiger partial charge in [0.15, 0.2) is 0 Å². The highest BCUT2D eigenvalue weighted by Crippen LogP contribution is 2.27. The van der Waals surface area contributed by atoms with E-state index in [1.807, 2.05) is 0 Å². The SMILES string of the molecule is CCOC(=O)c1cc(Cl)cc(Br)c1I. The van der Waals surface area contributed by atoms with E-state index in [1.165, 1.54) is 0 Å². The molecule has 0 spiro atoms. The quantitative estimate of drug-likeness (QED) is 0.436. The molecule has 1 rings (SSSR count). The van der Waals surface area contributed by atoms with Gasteiger partial charge in [-0.25, -0.2) is 4.79 Å². The van der Waals surface area contributed by atoms with Gasteiger partial charge in [0, 0.05) is 13.1 Å². The van der Waals surface area contributed by atoms with Crippen molar-refractivity contribution in [1.29, 1.82) is 0 Å². The van der Waals surface area contributed by atoms with Crippen molar-refractivity contribution in [3.63, 3.8) is 0 Å². The summed E-state index contributed by atoms with van der Waals surface area (Å²) in [4.78, 5) is 11.5. The fourth-order valence-corrected chi connectivity index (χ4v) is 2.26. The van der Waals surface area contributed by atoms with Crippen molar-refractivity contribution < 1.29 is 9.53 Å². The van der Waals surface area contributed by atoms with Crippen LogP contribution in [0.1, 0.15) is 17.3 Å². The average Bonchev–Trinajstić information content (AvgIpc) is 2.11. The number of benzene rings is 1. The highest BCUT2D eigenvalue weighted by atomic mass is 127. The van der Waals surface area contributed by atoms with Crippen molar-refractivity contribution in [2.24, 2.45) is 0 Å². The Morgan fingerprint density at radius 1 is 1.64 bits per heavy atom. The van der Waals surface area contributed by atoms with Crippen molar-refractivity contribution in [2.75, 3.05) is 6.61 Å². The van der Waals surface area contributed by atoms with Crippen molar-refractivity contribution >= 4 is 56.1 Å². The van der Waals surface area contributed by atoms with Crippen LogP contribution in [-0.2, 0) is 4.74 Å². The summed E-state index contributed by atoms with van der Waals surface area (Å²) in [6.45, 7) is 2.13. The van der Waals surface area contributed by atoms with Gasteiger partial charge in [0.05, 0.1) is 12.2 Å². The van der Waals surface area contributed by atoms with Crippen molar-refractivity contribution in [1.82, 2.24) is 0 Å². The molecular weight excluding hydrogens is 382 g/mol. The van der Waals surface area contributed by atoms with Gasteiger partial charge in [-0.1, -0.05) is 11.6 Å². The second-order valence-electron chi connectivity index (χ2n) is 2.47. The van der Waals surface area contributed by atoms with Crippen LogP contribution in [0.5, 0.6) is 0 Å². The Morgan fingerprint density at radius 3 is 2.86 bits per heavy atom. The molecule has 1 aromatic rings. The maximum atomic E-state index is 11.5. The van der Waals surface area contributed by atoms with Crippen molar-refractivity contribution in [3.05, 3.63) is 30.8 Å². The number of halogens is 3. The molecule has 0 aromatic heterocycles. The third-order valence-corrected chi connectivity index (χ3v) is 4.24. The van der Waals surface area contributed by atoms with Gasteiger partial charge >= 0.3 is 5.97 Å². The molecule has 0 aliphatic carbocycles. The monoisotopic (exact) mass is 388 g/mol. The molecule has 0 aliphatic rings. The first-order valence-electron chi connectivity index (χ1n) is 3.88. The van der Waals surface area contributed by atoms with Crippen LogP contribution in [0.4, 0.5) is 0 Å². The molecule has 2 nitrogen and oxygen atoms in total. The Morgan fingerprint density at radius 2 is 2.29 bits per heavy atom. The van der Waals surface area contributed by atoms with Gasteiger partial charge in [0.25, 0.3) is 0 Å². The topological polar surface area (TPSA) is 26.3 Å². The van der Waals surface area contributed by atoms with Gasteiger partial charge in [-0.2, -0.15) is 0 Å². The minimum atomic E-state index is -0.347. The Hall–Kier alpha value is 0.190. The van der Waals surface area contributed by atoms with E-state index in [2.05, 4.69) is 38.5 Å². The molecule has 0 saturated heterocycles. The molecule has 0 atom stereocenters. The molecule has 0 radical (unpaired) electrons. The minimum Gasteiger partial charge on any atom is -0.462 e. The molecule has 0 bridgehead atoms. The molecule has 0 fully saturated rings. The van der Waals surface area contributed by atoms with Crippen LogP contribution in [0.3, 0.4) is 0 Å². The highest BCUT2D eigenvalue weighted by molar-refractivity contribution is 14.1. The summed E-state index contributed by atoms with van der Waals surface area (Å²) in [7, 11) is 0. The lowest BCUT2D eigenvalue weighted by molar-refractivity contribution is 0.0525. The lowest BCUT2D eigenvalue weighted by Crippen LogP contribution is -2.07. The van der Waals surface area contributed by atoms with E-state index in [-0.39, 0.29) is 5.97 Å². The smallest absolute Gasteiger partial charge is 0.339 e. The van der Waals surface area contributed by atoms with Crippen LogP contribution >= 0.6 is 50.1 Å². The highest BCUT2D eigenvalue weighted by Gasteiger charge is 2.14. The zero-order chi connectivity index (χ0) is 10.7. The van der Waals surface area contributed by atoms with Gasteiger partial charge in [-0.3, -0.25) is 0 Å². The average molecular weight is 389 g/mol. The van der Waals surface area contributed by atoms with Crippen molar-refractivity contribution in [2.45, 2.75) is 6.92 Å². The van der Waals surface area contributed by atoms with Crippen LogP contribution in [0.15, 0.2) is 16.6 Å². The molecule has 0 saturated carbocycles. The predicted molar refractivity (Wildman–Crippen MR) is 67.8 cm³/mol. The lowest BCUT2D eigenvalue weighted by Gasteiger charge is -2.06. The number of esters is 1. The number of carbonyl (C=O) groups excluding carboxylic acids is 1. The number of hydrogen-bond donors (Lipinski definition) is 0. The molecule has 0 heterocycles. The first kappa shape index (κ1) is 12.3. The standard InChI is InChI=1S/C9H7BrClIO2/c1-2-14-9(13)6-3-5(11)4-7(10)8(6)12/h3-4H,2H2,1H3. The lowest BCUT2D eigenvalue weighted by atomic mass is 10.2. The van der Waals surface area contributed by atoms with Gasteiger partial charge < -0.3 is 4.74 Å². The molecule has 1 aromatic carbocycles. The molecule has 14 heavy (non-hydrogen) atoms. The van der Waals surface area contributed by atoms with E-state index in [0.717, 1.165) is 8.04 Å². The van der Waals surface area contributed by atoms with E-state index in [4.69, 9.17) is 16.3 Å². The number of ether oxygens (including phenoxy) is 1. The Balaban J connectivity index is 3.13. The first-order chi connectivity index (χ1) is 6.56. The minimum absolute atomic E-state index is 0.347. The molecule has 5 heteroatoms. The number of carbonyl (C=O) groups is 1. The molecule has 0 amide bonds. The van der Waals surface area contributed by atoms with E-state index < -0.39 is 0 Å². The van der Waals surface area contributed by atoms with Crippen LogP contribution < -0.4 is 0 Å². The summed E-state index contributed by atoms with van der Waals surface area (Å²) in [6.07, 6.45) is 0. The zero-order valence-electron chi connectivity index (χ0n) is 7.31. The van der Waals surface area contributed by atoms with Crippen LogP contribution in [-0.4, -0.2) is 12.6 Å². The van der Waals surface area contributed by atoms with Crippen LogP contribution in [0.25, 0.3) is 0 Å². The predicted octanol–water partition coefficient (Wildman–Crippen LogP) is 3.88. The maximum Gasteiger partial charge on any atom is 0.339 e. The molecule has 0 aliphatic heterocycles. The van der Waals surface area contributed by atoms with E-state index >= 15 is 0 Å². The number of hydrogen-bond acceptors (Lipinski definition) is 2. The Bertz CT molecular complexity index is 368. The van der Waals surface area contributed by atoms with E-state index in [9.17, 15) is 4.79 Å². The van der Waals surface area contributed by atoms with E-state index in [0.29, 0.717) is 17.2 Å². The summed E-state index contributed by atoms with van der Waals surface area (Å²) in [5.74, 6) is -0.347. The number of rotatable bonds is 2. The fourth-order valence-electron chi connectivity index (χ4n) is 0.913. The molecular formula is C9H7BrClIO2. The maximum absolute atomic E-state index is 11.5. The largest absolute Gasteiger partial charge is 0.462 e. The second-order valence-corrected chi connectivity index (χ2v) is 4.84. The summed E-state index contributed by atoms with van der Waals surface area (Å²) in [5.41, 5.74) is 0.492. The molecule has 76 valence electrons. The summed E-state index contributed by atoms with van der Waals surface area (Å²) < 4.78 is 6.51. The van der Waals surface area contributed by atoms with E-state index in [1.54, 1.807) is 19.1 Å². The van der Waals surface area contributed by atoms with Crippen molar-refractivity contribution in [3.8, 4) is 0 Å². The normalized spacial score (nSPS) is 10.0. The summed E-state index contributed by atoms with van der Waals surface area (Å²) in [5, 5.41) is 0.514. The first-order valence-corrected chi connectivity index (χ1v) is 6.13. The molecule has 0 N–H and O–H groups in total. The summed E-state index contributed by atoms with van der Waals surface area (Å²) in [6, 6.07) is 3.35. The summed E-state index contributed by atoms with van der Waals surface area (Å²) >= 11 is 11.2. The van der Waals surface area contributed by atoms with Crippen LogP contribution in [0, 0.1) is 3.57 Å². The van der Waals surface area contributed by atoms with Crippen LogP contribution in [0.2, 0.25) is 5.02 Å². The Labute approximate surface area is 109 Å². The second kappa shape index (κ2) is 5.32. The zero-order valence-corrected chi connectivity index (χ0v) is 11.8. The Kier molecular flexibility index (Phi) is 4.66. The fraction of sp³-hybridized carbons (Fsp3) is 0.222. The van der Waals surface area contributed by atoms with Gasteiger partial charge in [-0.05, 0) is 57.6 Å². The van der Waals surface area contributed by atoms with Gasteiger partial charge in [-0.15, -0.1) is 0 Å². The van der Waals surface area contributed by atoms with Gasteiger partial charge in [0.1, 0.15) is 0 Å². The third kappa shape index (κ3) is 2.84. The molecule has 0 unspecified atom stereocenters. The third-order valence-electron chi connectivity index (χ3n) is 1.49. The van der Waals surface area contributed by atoms with Gasteiger partial charge in [0.2, 0.25) is 0 Å².